The van der Waals surface area contributed by atoms with Gasteiger partial charge in [-0.1, -0.05) is 6.07 Å². The van der Waals surface area contributed by atoms with Crippen molar-refractivity contribution in [3.63, 3.8) is 0 Å². The number of aliphatic hydroxyl groups excluding tert-OH is 1. The van der Waals surface area contributed by atoms with Gasteiger partial charge in [0.1, 0.15) is 12.0 Å². The van der Waals surface area contributed by atoms with Crippen molar-refractivity contribution in [3.05, 3.63) is 22.4 Å². The van der Waals surface area contributed by atoms with E-state index in [4.69, 9.17) is 11.6 Å². The van der Waals surface area contributed by atoms with E-state index in [1.165, 1.54) is 11.3 Å². The fourth-order valence-corrected chi connectivity index (χ4v) is 1.65. The number of aliphatic hydroxyl groups is 1. The molecule has 72 valence electrons. The average Bonchev–Trinajstić information content (AvgIpc) is 2.66. The average molecular weight is 220 g/mol. The minimum atomic E-state index is -0.632. The number of hydrogen-bond acceptors (Lipinski definition) is 3. The molecule has 1 aromatic heterocycles. The molecule has 0 aliphatic carbocycles. The van der Waals surface area contributed by atoms with E-state index in [1.54, 1.807) is 0 Å². The topological polar surface area (TPSA) is 49.3 Å². The van der Waals surface area contributed by atoms with Crippen LogP contribution in [0, 0.1) is 0 Å². The molecule has 1 unspecified atom stereocenters. The van der Waals surface area contributed by atoms with Gasteiger partial charge in [-0.15, -0.1) is 22.9 Å². The molecular formula is C8H10ClNO2S. The van der Waals surface area contributed by atoms with E-state index in [-0.39, 0.29) is 18.3 Å². The number of carbonyl (C=O) groups is 1. The molecule has 1 heterocycles. The Morgan fingerprint density at radius 3 is 3.08 bits per heavy atom. The summed E-state index contributed by atoms with van der Waals surface area (Å²) in [6.45, 7) is 0.214. The summed E-state index contributed by atoms with van der Waals surface area (Å²) in [6, 6.07) is 3.68. The Morgan fingerprint density at radius 1 is 1.77 bits per heavy atom. The fraction of sp³-hybridized carbons (Fsp3) is 0.375. The maximum absolute atomic E-state index is 10.7. The van der Waals surface area contributed by atoms with Crippen LogP contribution in [0.1, 0.15) is 11.0 Å². The Hall–Kier alpha value is -0.580. The van der Waals surface area contributed by atoms with Gasteiger partial charge >= 0.3 is 0 Å². The van der Waals surface area contributed by atoms with Crippen molar-refractivity contribution < 1.29 is 9.90 Å². The Balaban J connectivity index is 2.34. The van der Waals surface area contributed by atoms with Crippen molar-refractivity contribution in [1.29, 1.82) is 0 Å². The summed E-state index contributed by atoms with van der Waals surface area (Å²) >= 11 is 6.73. The smallest absolute Gasteiger partial charge is 0.235 e. The van der Waals surface area contributed by atoms with Crippen LogP contribution in [0.2, 0.25) is 0 Å². The normalized spacial score (nSPS) is 12.5. The number of nitrogens with one attached hydrogen (secondary N) is 1. The first-order valence-electron chi connectivity index (χ1n) is 3.78. The lowest BCUT2D eigenvalue weighted by Gasteiger charge is -2.08. The van der Waals surface area contributed by atoms with E-state index in [2.05, 4.69) is 5.32 Å². The van der Waals surface area contributed by atoms with E-state index in [0.29, 0.717) is 0 Å². The molecule has 0 bridgehead atoms. The largest absolute Gasteiger partial charge is 0.386 e. The first-order chi connectivity index (χ1) is 6.24. The van der Waals surface area contributed by atoms with E-state index >= 15 is 0 Å². The van der Waals surface area contributed by atoms with Crippen molar-refractivity contribution in [3.8, 4) is 0 Å². The molecule has 0 saturated carbocycles. The number of thiophene rings is 1. The molecule has 5 heteroatoms. The summed E-state index contributed by atoms with van der Waals surface area (Å²) in [7, 11) is 0. The molecular weight excluding hydrogens is 210 g/mol. The highest BCUT2D eigenvalue weighted by Gasteiger charge is 2.09. The summed E-state index contributed by atoms with van der Waals surface area (Å²) in [5, 5.41) is 13.9. The molecule has 1 rings (SSSR count). The van der Waals surface area contributed by atoms with Gasteiger partial charge in [0.25, 0.3) is 0 Å². The SMILES string of the molecule is O=C(CCl)NCC(O)c1cccs1. The summed E-state index contributed by atoms with van der Waals surface area (Å²) in [4.78, 5) is 11.6. The van der Waals surface area contributed by atoms with Gasteiger partial charge in [-0.05, 0) is 11.4 Å². The molecule has 0 aliphatic heterocycles. The second kappa shape index (κ2) is 5.21. The van der Waals surface area contributed by atoms with Gasteiger partial charge < -0.3 is 10.4 Å². The maximum atomic E-state index is 10.7. The molecule has 1 atom stereocenters. The molecule has 0 saturated heterocycles. The molecule has 2 N–H and O–H groups in total. The third kappa shape index (κ3) is 3.34. The molecule has 3 nitrogen and oxygen atoms in total. The van der Waals surface area contributed by atoms with Crippen LogP contribution in [0.25, 0.3) is 0 Å². The predicted octanol–water partition coefficient (Wildman–Crippen LogP) is 1.14. The summed E-state index contributed by atoms with van der Waals surface area (Å²) in [5.41, 5.74) is 0. The van der Waals surface area contributed by atoms with Gasteiger partial charge in [0.05, 0.1) is 0 Å². The van der Waals surface area contributed by atoms with Crippen molar-refractivity contribution in [1.82, 2.24) is 5.32 Å². The fourth-order valence-electron chi connectivity index (χ4n) is 0.839. The van der Waals surface area contributed by atoms with Crippen molar-refractivity contribution >= 4 is 28.8 Å². The molecule has 0 aliphatic rings. The molecule has 0 radical (unpaired) electrons. The van der Waals surface area contributed by atoms with Crippen LogP contribution >= 0.6 is 22.9 Å². The lowest BCUT2D eigenvalue weighted by molar-refractivity contribution is -0.119. The summed E-state index contributed by atoms with van der Waals surface area (Å²) in [6.07, 6.45) is -0.632. The van der Waals surface area contributed by atoms with Crippen LogP contribution < -0.4 is 5.32 Å². The zero-order valence-corrected chi connectivity index (χ0v) is 8.44. The van der Waals surface area contributed by atoms with E-state index in [0.717, 1.165) is 4.88 Å². The number of amides is 1. The number of halogens is 1. The Bertz CT molecular complexity index is 263. The monoisotopic (exact) mass is 219 g/mol. The first-order valence-corrected chi connectivity index (χ1v) is 5.19. The predicted molar refractivity (Wildman–Crippen MR) is 53.0 cm³/mol. The Kier molecular flexibility index (Phi) is 4.21. The molecule has 0 fully saturated rings. The summed E-state index contributed by atoms with van der Waals surface area (Å²) < 4.78 is 0. The van der Waals surface area contributed by atoms with E-state index < -0.39 is 6.10 Å². The third-order valence-corrected chi connectivity index (χ3v) is 2.70. The number of carbonyl (C=O) groups excluding carboxylic acids is 1. The van der Waals surface area contributed by atoms with Crippen LogP contribution in [0.3, 0.4) is 0 Å². The van der Waals surface area contributed by atoms with Gasteiger partial charge in [0, 0.05) is 11.4 Å². The maximum Gasteiger partial charge on any atom is 0.235 e. The first kappa shape index (κ1) is 10.5. The quantitative estimate of drug-likeness (QED) is 0.747. The van der Waals surface area contributed by atoms with E-state index in [9.17, 15) is 9.90 Å². The van der Waals surface area contributed by atoms with Crippen molar-refractivity contribution in [2.75, 3.05) is 12.4 Å². The second-order valence-electron chi connectivity index (χ2n) is 2.47. The van der Waals surface area contributed by atoms with Crippen molar-refractivity contribution in [2.45, 2.75) is 6.10 Å². The van der Waals surface area contributed by atoms with Gasteiger partial charge in [-0.25, -0.2) is 0 Å². The van der Waals surface area contributed by atoms with Crippen LogP contribution in [0.15, 0.2) is 17.5 Å². The molecule has 0 aromatic carbocycles. The minimum absolute atomic E-state index is 0.0723. The van der Waals surface area contributed by atoms with Gasteiger partial charge in [-0.2, -0.15) is 0 Å². The van der Waals surface area contributed by atoms with Crippen molar-refractivity contribution in [2.24, 2.45) is 0 Å². The molecule has 13 heavy (non-hydrogen) atoms. The molecule has 0 spiro atoms. The van der Waals surface area contributed by atoms with Gasteiger partial charge in [0.15, 0.2) is 0 Å². The van der Waals surface area contributed by atoms with Crippen LogP contribution in [0.5, 0.6) is 0 Å². The molecule has 1 amide bonds. The third-order valence-electron chi connectivity index (χ3n) is 1.49. The Labute approximate surface area is 85.3 Å². The van der Waals surface area contributed by atoms with Gasteiger partial charge in [-0.3, -0.25) is 4.79 Å². The molecule has 1 aromatic rings. The van der Waals surface area contributed by atoms with Crippen LogP contribution in [-0.4, -0.2) is 23.4 Å². The summed E-state index contributed by atoms with van der Waals surface area (Å²) in [5.74, 6) is -0.339. The number of hydrogen-bond donors (Lipinski definition) is 2. The highest BCUT2D eigenvalue weighted by atomic mass is 35.5. The zero-order chi connectivity index (χ0) is 9.68. The highest BCUT2D eigenvalue weighted by molar-refractivity contribution is 7.10. The lowest BCUT2D eigenvalue weighted by Crippen LogP contribution is -2.28. The Morgan fingerprint density at radius 2 is 2.54 bits per heavy atom. The van der Waals surface area contributed by atoms with Gasteiger partial charge in [0.2, 0.25) is 5.91 Å². The minimum Gasteiger partial charge on any atom is -0.386 e. The van der Waals surface area contributed by atoms with Crippen LogP contribution in [0.4, 0.5) is 0 Å². The number of alkyl halides is 1. The number of rotatable bonds is 4. The lowest BCUT2D eigenvalue weighted by atomic mass is 10.3. The van der Waals surface area contributed by atoms with E-state index in [1.807, 2.05) is 17.5 Å². The highest BCUT2D eigenvalue weighted by Crippen LogP contribution is 2.17. The standard InChI is InChI=1S/C8H10ClNO2S/c9-4-8(12)10-5-6(11)7-2-1-3-13-7/h1-3,6,11H,4-5H2,(H,10,12). The second-order valence-corrected chi connectivity index (χ2v) is 3.72. The zero-order valence-electron chi connectivity index (χ0n) is 6.87. The van der Waals surface area contributed by atoms with Crippen LogP contribution in [-0.2, 0) is 4.79 Å².